The average Bonchev–Trinajstić information content (AvgIpc) is 3.38. The number of nitrogens with zero attached hydrogens (tertiary/aromatic N) is 2. The molecule has 0 amide bonds. The second-order valence-electron chi connectivity index (χ2n) is 5.24. The fraction of sp³-hybridized carbons (Fsp3) is 0.167. The van der Waals surface area contributed by atoms with Crippen molar-refractivity contribution in [1.82, 2.24) is 19.9 Å². The van der Waals surface area contributed by atoms with E-state index in [1.807, 2.05) is 0 Å². The van der Waals surface area contributed by atoms with Gasteiger partial charge < -0.3 is 14.7 Å². The highest BCUT2D eigenvalue weighted by molar-refractivity contribution is 6.31. The Morgan fingerprint density at radius 2 is 1.71 bits per heavy atom. The Labute approximate surface area is 164 Å². The van der Waals surface area contributed by atoms with Crippen LogP contribution in [0.3, 0.4) is 0 Å². The number of aromatic amines is 2. The Bertz CT molecular complexity index is 906. The third-order valence-electron chi connectivity index (χ3n) is 3.28. The van der Waals surface area contributed by atoms with E-state index in [-0.39, 0.29) is 29.4 Å². The number of benzene rings is 1. The number of carbonyl (C=O) groups is 3. The van der Waals surface area contributed by atoms with Crippen molar-refractivity contribution in [2.24, 2.45) is 0 Å². The lowest BCUT2D eigenvalue weighted by molar-refractivity contribution is -0.141. The van der Waals surface area contributed by atoms with Crippen LogP contribution in [0.15, 0.2) is 43.0 Å². The highest BCUT2D eigenvalue weighted by atomic mass is 35.5. The predicted octanol–water partition coefficient (Wildman–Crippen LogP) is 2.98. The number of hydrogen-bond acceptors (Lipinski definition) is 6. The Kier molecular flexibility index (Phi) is 7.58. The molecule has 0 aliphatic rings. The van der Waals surface area contributed by atoms with Gasteiger partial charge >= 0.3 is 5.97 Å². The first-order valence-electron chi connectivity index (χ1n) is 8.09. The number of H-pyrrole nitrogens is 2. The fourth-order valence-corrected chi connectivity index (χ4v) is 2.19. The minimum atomic E-state index is -0.604. The predicted molar refractivity (Wildman–Crippen MR) is 97.6 cm³/mol. The van der Waals surface area contributed by atoms with E-state index in [2.05, 4.69) is 24.7 Å². The summed E-state index contributed by atoms with van der Waals surface area (Å²) in [5.74, 6) is -1.29. The second-order valence-corrected chi connectivity index (χ2v) is 5.65. The molecule has 2 aromatic heterocycles. The molecule has 0 radical (unpaired) electrons. The van der Waals surface area contributed by atoms with Crippen molar-refractivity contribution in [2.45, 2.75) is 13.3 Å². The van der Waals surface area contributed by atoms with Crippen LogP contribution < -0.4 is 0 Å². The van der Waals surface area contributed by atoms with Gasteiger partial charge in [0.1, 0.15) is 12.2 Å². The van der Waals surface area contributed by atoms with Crippen LogP contribution in [0.2, 0.25) is 5.02 Å². The molecule has 0 bridgehead atoms. The lowest BCUT2D eigenvalue weighted by atomic mass is 10.1. The maximum Gasteiger partial charge on any atom is 0.313 e. The molecule has 10 heteroatoms. The third-order valence-corrected chi connectivity index (χ3v) is 3.57. The summed E-state index contributed by atoms with van der Waals surface area (Å²) in [7, 11) is 0. The molecule has 1 aromatic carbocycles. The van der Waals surface area contributed by atoms with Crippen molar-refractivity contribution in [3.63, 3.8) is 0 Å². The largest absolute Gasteiger partial charge is 0.466 e. The van der Waals surface area contributed by atoms with E-state index in [1.165, 1.54) is 24.5 Å². The van der Waals surface area contributed by atoms with E-state index < -0.39 is 17.6 Å². The minimum Gasteiger partial charge on any atom is -0.466 e. The molecule has 0 saturated heterocycles. The van der Waals surface area contributed by atoms with Crippen molar-refractivity contribution in [3.05, 3.63) is 71.0 Å². The minimum absolute atomic E-state index is 0.144. The number of nitrogens with one attached hydrogen (secondary N) is 2. The molecular formula is C18H16ClFN4O4. The third kappa shape index (κ3) is 5.85. The lowest BCUT2D eigenvalue weighted by Crippen LogP contribution is -2.11. The van der Waals surface area contributed by atoms with Gasteiger partial charge in [0.15, 0.2) is 17.4 Å². The first-order chi connectivity index (χ1) is 13.4. The van der Waals surface area contributed by atoms with E-state index in [9.17, 15) is 18.8 Å². The summed E-state index contributed by atoms with van der Waals surface area (Å²) in [5, 5.41) is -0.144. The monoisotopic (exact) mass is 406 g/mol. The zero-order chi connectivity index (χ0) is 20.5. The topological polar surface area (TPSA) is 118 Å². The van der Waals surface area contributed by atoms with Crippen LogP contribution in [-0.2, 0) is 9.53 Å². The van der Waals surface area contributed by atoms with Crippen molar-refractivity contribution in [3.8, 4) is 0 Å². The standard InChI is InChI=1S/C11H10ClFO3.C7H6N4O/c1-2-16-11(15)6-10(14)7-3-4-9(13)8(12)5-7;12-5(6-8-1-2-9-6)7-10-3-4-11-7/h3-5H,2,6H2,1H3;1-4H,(H,8,9)(H,10,11). The summed E-state index contributed by atoms with van der Waals surface area (Å²) >= 11 is 5.51. The first-order valence-corrected chi connectivity index (χ1v) is 8.47. The molecule has 146 valence electrons. The Morgan fingerprint density at radius 3 is 2.18 bits per heavy atom. The maximum atomic E-state index is 12.8. The summed E-state index contributed by atoms with van der Waals surface area (Å²) in [6.45, 7) is 1.87. The summed E-state index contributed by atoms with van der Waals surface area (Å²) in [6, 6.07) is 3.56. The maximum absolute atomic E-state index is 12.8. The summed E-state index contributed by atoms with van der Waals surface area (Å²) in [6.07, 6.45) is 5.87. The van der Waals surface area contributed by atoms with Gasteiger partial charge in [-0.05, 0) is 25.1 Å². The van der Waals surface area contributed by atoms with Gasteiger partial charge in [-0.2, -0.15) is 0 Å². The molecule has 2 heterocycles. The van der Waals surface area contributed by atoms with Gasteiger partial charge in [0.05, 0.1) is 11.6 Å². The number of carbonyl (C=O) groups excluding carboxylic acids is 3. The van der Waals surface area contributed by atoms with E-state index in [0.717, 1.165) is 6.07 Å². The highest BCUT2D eigenvalue weighted by Gasteiger charge is 2.14. The average molecular weight is 407 g/mol. The molecule has 2 N–H and O–H groups in total. The smallest absolute Gasteiger partial charge is 0.313 e. The molecule has 3 aromatic rings. The van der Waals surface area contributed by atoms with E-state index in [0.29, 0.717) is 11.6 Å². The van der Waals surface area contributed by atoms with Crippen molar-refractivity contribution in [2.75, 3.05) is 6.61 Å². The zero-order valence-electron chi connectivity index (χ0n) is 14.7. The van der Waals surface area contributed by atoms with Crippen molar-refractivity contribution in [1.29, 1.82) is 0 Å². The van der Waals surface area contributed by atoms with Crippen LogP contribution in [0.5, 0.6) is 0 Å². The Balaban J connectivity index is 0.000000207. The zero-order valence-corrected chi connectivity index (χ0v) is 15.5. The van der Waals surface area contributed by atoms with Gasteiger partial charge in [0.2, 0.25) is 0 Å². The Hall–Kier alpha value is -3.33. The summed E-state index contributed by atoms with van der Waals surface area (Å²) in [4.78, 5) is 46.9. The number of ketones is 2. The molecule has 0 aliphatic heterocycles. The number of halogens is 2. The van der Waals surface area contributed by atoms with Crippen LogP contribution >= 0.6 is 11.6 Å². The highest BCUT2D eigenvalue weighted by Crippen LogP contribution is 2.17. The second kappa shape index (κ2) is 10.1. The summed E-state index contributed by atoms with van der Waals surface area (Å²) in [5.41, 5.74) is 0.194. The van der Waals surface area contributed by atoms with Gasteiger partial charge in [-0.1, -0.05) is 11.6 Å². The van der Waals surface area contributed by atoms with E-state index in [4.69, 9.17) is 11.6 Å². The molecule has 28 heavy (non-hydrogen) atoms. The van der Waals surface area contributed by atoms with Crippen LogP contribution in [0.25, 0.3) is 0 Å². The number of esters is 1. The van der Waals surface area contributed by atoms with E-state index >= 15 is 0 Å². The first kappa shape index (κ1) is 21.0. The van der Waals surface area contributed by atoms with E-state index in [1.54, 1.807) is 19.3 Å². The molecule has 0 fully saturated rings. The summed E-state index contributed by atoms with van der Waals surface area (Å²) < 4.78 is 17.4. The van der Waals surface area contributed by atoms with Crippen LogP contribution in [0, 0.1) is 5.82 Å². The van der Waals surface area contributed by atoms with Crippen molar-refractivity contribution < 1.29 is 23.5 Å². The molecule has 8 nitrogen and oxygen atoms in total. The van der Waals surface area contributed by atoms with Gasteiger partial charge in [0, 0.05) is 30.4 Å². The van der Waals surface area contributed by atoms with Crippen LogP contribution in [-0.4, -0.2) is 44.1 Å². The Morgan fingerprint density at radius 1 is 1.11 bits per heavy atom. The molecular weight excluding hydrogens is 391 g/mol. The number of Topliss-reactive ketones (excluding diaryl/α,β-unsaturated/α-hetero) is 1. The molecule has 0 unspecified atom stereocenters. The molecule has 0 atom stereocenters. The number of ether oxygens (including phenoxy) is 1. The van der Waals surface area contributed by atoms with Gasteiger partial charge in [-0.3, -0.25) is 14.4 Å². The number of hydrogen-bond donors (Lipinski definition) is 2. The van der Waals surface area contributed by atoms with Gasteiger partial charge in [0.25, 0.3) is 5.78 Å². The van der Waals surface area contributed by atoms with Gasteiger partial charge in [-0.15, -0.1) is 0 Å². The van der Waals surface area contributed by atoms with Crippen molar-refractivity contribution >= 4 is 29.1 Å². The number of aromatic nitrogens is 4. The molecule has 3 rings (SSSR count). The SMILES string of the molecule is CCOC(=O)CC(=O)c1ccc(F)c(Cl)c1.O=C(c1ncc[nH]1)c1ncc[nH]1. The van der Waals surface area contributed by atoms with Gasteiger partial charge in [-0.25, -0.2) is 14.4 Å². The number of imidazole rings is 2. The van der Waals surface area contributed by atoms with Crippen LogP contribution in [0.4, 0.5) is 4.39 Å². The fourth-order valence-electron chi connectivity index (χ4n) is 2.01. The lowest BCUT2D eigenvalue weighted by Gasteiger charge is -2.02. The molecule has 0 spiro atoms. The quantitative estimate of drug-likeness (QED) is 0.369. The normalized spacial score (nSPS) is 9.96. The van der Waals surface area contributed by atoms with Crippen LogP contribution in [0.1, 0.15) is 40.1 Å². The number of rotatable bonds is 6. The molecule has 0 aliphatic carbocycles. The molecule has 0 saturated carbocycles.